The van der Waals surface area contributed by atoms with Crippen LogP contribution in [0.15, 0.2) is 30.3 Å². The van der Waals surface area contributed by atoms with Crippen LogP contribution in [0.3, 0.4) is 0 Å². The van der Waals surface area contributed by atoms with Gasteiger partial charge in [0.2, 0.25) is 35.4 Å². The molecule has 0 spiro atoms. The summed E-state index contributed by atoms with van der Waals surface area (Å²) in [5.41, 5.74) is 21.8. The van der Waals surface area contributed by atoms with E-state index in [1.54, 1.807) is 30.3 Å². The first-order valence-corrected chi connectivity index (χ1v) is 12.1. The van der Waals surface area contributed by atoms with Gasteiger partial charge in [0.1, 0.15) is 18.1 Å². The third-order valence-corrected chi connectivity index (χ3v) is 5.56. The van der Waals surface area contributed by atoms with E-state index >= 15 is 0 Å². The minimum Gasteiger partial charge on any atom is -0.480 e. The molecule has 4 unspecified atom stereocenters. The molecular weight excluding hydrogens is 514 g/mol. The lowest BCUT2D eigenvalue weighted by atomic mass is 10.0. The zero-order valence-corrected chi connectivity index (χ0v) is 21.3. The second-order valence-electron chi connectivity index (χ2n) is 8.83. The molecule has 0 heterocycles. The molecule has 0 saturated heterocycles. The number of rotatable bonds is 18. The molecule has 1 aromatic carbocycles. The van der Waals surface area contributed by atoms with Gasteiger partial charge in [0.25, 0.3) is 0 Å². The van der Waals surface area contributed by atoms with Crippen molar-refractivity contribution in [1.82, 2.24) is 16.0 Å². The number of carboxylic acids is 1. The molecule has 39 heavy (non-hydrogen) atoms. The predicted molar refractivity (Wildman–Crippen MR) is 137 cm³/mol. The van der Waals surface area contributed by atoms with E-state index in [0.29, 0.717) is 5.56 Å². The Bertz CT molecular complexity index is 1050. The van der Waals surface area contributed by atoms with E-state index in [2.05, 4.69) is 16.0 Å². The molecule has 0 aliphatic heterocycles. The summed E-state index contributed by atoms with van der Waals surface area (Å²) in [4.78, 5) is 83.9. The fourth-order valence-electron chi connectivity index (χ4n) is 3.41. The topological polar surface area (TPSA) is 280 Å². The van der Waals surface area contributed by atoms with Gasteiger partial charge in [0, 0.05) is 25.7 Å². The molecular formula is C24H35N7O8. The van der Waals surface area contributed by atoms with Crippen molar-refractivity contribution in [3.63, 3.8) is 0 Å². The fourth-order valence-corrected chi connectivity index (χ4v) is 3.41. The smallest absolute Gasteiger partial charge is 0.326 e. The Morgan fingerprint density at radius 2 is 1.05 bits per heavy atom. The van der Waals surface area contributed by atoms with Crippen molar-refractivity contribution in [3.8, 4) is 0 Å². The Labute approximate surface area is 224 Å². The molecule has 214 valence electrons. The Balaban J connectivity index is 3.05. The molecule has 0 saturated carbocycles. The first-order chi connectivity index (χ1) is 18.3. The highest BCUT2D eigenvalue weighted by Gasteiger charge is 2.31. The van der Waals surface area contributed by atoms with Gasteiger partial charge in [-0.25, -0.2) is 4.79 Å². The maximum absolute atomic E-state index is 13.0. The van der Waals surface area contributed by atoms with Crippen LogP contribution in [-0.2, 0) is 40.0 Å². The molecule has 15 nitrogen and oxygen atoms in total. The number of nitrogens with one attached hydrogen (secondary N) is 3. The van der Waals surface area contributed by atoms with Crippen LogP contribution in [-0.4, -0.2) is 70.7 Å². The SMILES string of the molecule is NC(=O)CCC(N)C(=O)NC(CCC(N)=O)C(=O)NC(CCC(N)=O)C(=O)NC(Cc1ccccc1)C(=O)O. The number of aliphatic carboxylic acids is 1. The molecule has 4 atom stereocenters. The van der Waals surface area contributed by atoms with Gasteiger partial charge in [0.15, 0.2) is 0 Å². The summed E-state index contributed by atoms with van der Waals surface area (Å²) >= 11 is 0. The molecule has 6 amide bonds. The third-order valence-electron chi connectivity index (χ3n) is 5.56. The van der Waals surface area contributed by atoms with Crippen molar-refractivity contribution >= 4 is 41.4 Å². The van der Waals surface area contributed by atoms with Crippen molar-refractivity contribution in [1.29, 1.82) is 0 Å². The van der Waals surface area contributed by atoms with Gasteiger partial charge in [-0.15, -0.1) is 0 Å². The quantitative estimate of drug-likeness (QED) is 0.0918. The number of carboxylic acid groups (broad SMARTS) is 1. The van der Waals surface area contributed by atoms with Gasteiger partial charge in [0.05, 0.1) is 6.04 Å². The summed E-state index contributed by atoms with van der Waals surface area (Å²) in [5, 5.41) is 16.6. The van der Waals surface area contributed by atoms with Crippen LogP contribution in [0.25, 0.3) is 0 Å². The van der Waals surface area contributed by atoms with Crippen molar-refractivity contribution in [2.75, 3.05) is 0 Å². The fraction of sp³-hybridized carbons (Fsp3) is 0.458. The van der Waals surface area contributed by atoms with E-state index < -0.39 is 65.6 Å². The molecule has 12 N–H and O–H groups in total. The number of carbonyl (C=O) groups excluding carboxylic acids is 6. The summed E-state index contributed by atoms with van der Waals surface area (Å²) in [6.45, 7) is 0. The van der Waals surface area contributed by atoms with Crippen LogP contribution in [0.2, 0.25) is 0 Å². The highest BCUT2D eigenvalue weighted by atomic mass is 16.4. The zero-order chi connectivity index (χ0) is 29.5. The van der Waals surface area contributed by atoms with Crippen LogP contribution < -0.4 is 38.9 Å². The first-order valence-electron chi connectivity index (χ1n) is 12.1. The normalized spacial score (nSPS) is 13.7. The van der Waals surface area contributed by atoms with Gasteiger partial charge >= 0.3 is 5.97 Å². The second kappa shape index (κ2) is 16.3. The average Bonchev–Trinajstić information content (AvgIpc) is 2.86. The lowest BCUT2D eigenvalue weighted by Gasteiger charge is -2.25. The van der Waals surface area contributed by atoms with E-state index in [4.69, 9.17) is 22.9 Å². The minimum absolute atomic E-state index is 0.0567. The maximum Gasteiger partial charge on any atom is 0.326 e. The molecule has 0 radical (unpaired) electrons. The lowest BCUT2D eigenvalue weighted by Crippen LogP contribution is -2.57. The van der Waals surface area contributed by atoms with Gasteiger partial charge in [-0.3, -0.25) is 28.8 Å². The number of nitrogens with two attached hydrogens (primary N) is 4. The van der Waals surface area contributed by atoms with E-state index in [-0.39, 0.29) is 44.9 Å². The Morgan fingerprint density at radius 1 is 0.641 bits per heavy atom. The van der Waals surface area contributed by atoms with Gasteiger partial charge < -0.3 is 44.0 Å². The number of hydrogen-bond donors (Lipinski definition) is 8. The summed E-state index contributed by atoms with van der Waals surface area (Å²) in [6.07, 6.45) is -1.53. The van der Waals surface area contributed by atoms with E-state index in [9.17, 15) is 38.7 Å². The Kier molecular flexibility index (Phi) is 13.6. The lowest BCUT2D eigenvalue weighted by molar-refractivity contribution is -0.142. The highest BCUT2D eigenvalue weighted by molar-refractivity contribution is 5.94. The van der Waals surface area contributed by atoms with Crippen molar-refractivity contribution in [2.24, 2.45) is 22.9 Å². The van der Waals surface area contributed by atoms with Crippen molar-refractivity contribution < 1.29 is 38.7 Å². The van der Waals surface area contributed by atoms with Crippen LogP contribution in [0.4, 0.5) is 0 Å². The molecule has 0 bridgehead atoms. The van der Waals surface area contributed by atoms with Gasteiger partial charge in [-0.1, -0.05) is 30.3 Å². The average molecular weight is 550 g/mol. The van der Waals surface area contributed by atoms with E-state index in [1.165, 1.54) is 0 Å². The molecule has 1 rings (SSSR count). The van der Waals surface area contributed by atoms with Crippen LogP contribution >= 0.6 is 0 Å². The van der Waals surface area contributed by atoms with E-state index in [0.717, 1.165) is 0 Å². The van der Waals surface area contributed by atoms with Crippen LogP contribution in [0.1, 0.15) is 44.1 Å². The molecule has 15 heteroatoms. The van der Waals surface area contributed by atoms with Crippen molar-refractivity contribution in [3.05, 3.63) is 35.9 Å². The highest BCUT2D eigenvalue weighted by Crippen LogP contribution is 2.07. The van der Waals surface area contributed by atoms with Crippen molar-refractivity contribution in [2.45, 2.75) is 69.1 Å². The first kappa shape index (κ1) is 32.5. The summed E-state index contributed by atoms with van der Waals surface area (Å²) in [7, 11) is 0. The predicted octanol–water partition coefficient (Wildman–Crippen LogP) is -3.11. The number of carbonyl (C=O) groups is 7. The Morgan fingerprint density at radius 3 is 1.49 bits per heavy atom. The summed E-state index contributed by atoms with van der Waals surface area (Å²) in [5.74, 6) is -6.22. The molecule has 0 aromatic heterocycles. The number of benzene rings is 1. The number of amides is 6. The number of hydrogen-bond acceptors (Lipinski definition) is 8. The summed E-state index contributed by atoms with van der Waals surface area (Å²) in [6, 6.07) is 3.13. The van der Waals surface area contributed by atoms with E-state index in [1.807, 2.05) is 0 Å². The third kappa shape index (κ3) is 13.0. The van der Waals surface area contributed by atoms with Gasteiger partial charge in [-0.2, -0.15) is 0 Å². The molecule has 0 aliphatic rings. The Hall–Kier alpha value is -4.53. The minimum atomic E-state index is -1.42. The number of primary amides is 3. The monoisotopic (exact) mass is 549 g/mol. The molecule has 1 aromatic rings. The molecule has 0 fully saturated rings. The largest absolute Gasteiger partial charge is 0.480 e. The van der Waals surface area contributed by atoms with Gasteiger partial charge in [-0.05, 0) is 24.8 Å². The van der Waals surface area contributed by atoms with Crippen LogP contribution in [0, 0.1) is 0 Å². The summed E-state index contributed by atoms with van der Waals surface area (Å²) < 4.78 is 0. The molecule has 0 aliphatic carbocycles. The second-order valence-corrected chi connectivity index (χ2v) is 8.83. The zero-order valence-electron chi connectivity index (χ0n) is 21.3. The van der Waals surface area contributed by atoms with Crippen LogP contribution in [0.5, 0.6) is 0 Å². The standard InChI is InChI=1S/C24H35N7O8/c25-14(6-9-18(26)32)21(35)29-15(7-10-19(27)33)22(36)30-16(8-11-20(28)34)23(37)31-17(24(38)39)12-13-4-2-1-3-5-13/h1-5,14-17H,6-12,25H2,(H2,26,32)(H2,27,33)(H2,28,34)(H,29,35)(H,30,36)(H,31,37)(H,38,39). The maximum atomic E-state index is 13.0.